The molecule has 1 amide bonds. The highest BCUT2D eigenvalue weighted by Gasteiger charge is 2.11. The van der Waals surface area contributed by atoms with Gasteiger partial charge >= 0.3 is 0 Å². The topological polar surface area (TPSA) is 56.2 Å². The highest BCUT2D eigenvalue weighted by atomic mass is 16.5. The molecule has 1 N–H and O–H groups in total. The molecule has 30 heavy (non-hydrogen) atoms. The van der Waals surface area contributed by atoms with Crippen molar-refractivity contribution in [3.8, 4) is 5.75 Å². The first kappa shape index (κ1) is 19.5. The zero-order valence-corrected chi connectivity index (χ0v) is 16.6. The van der Waals surface area contributed by atoms with Gasteiger partial charge in [0, 0.05) is 36.6 Å². The lowest BCUT2D eigenvalue weighted by Crippen LogP contribution is -2.24. The van der Waals surface area contributed by atoms with E-state index >= 15 is 0 Å². The van der Waals surface area contributed by atoms with Crippen LogP contribution in [0.3, 0.4) is 0 Å². The van der Waals surface area contributed by atoms with E-state index in [2.05, 4.69) is 22.4 Å². The Morgan fingerprint density at radius 1 is 0.900 bits per heavy atom. The predicted molar refractivity (Wildman–Crippen MR) is 116 cm³/mol. The van der Waals surface area contributed by atoms with Crippen LogP contribution in [0.15, 0.2) is 97.6 Å². The summed E-state index contributed by atoms with van der Waals surface area (Å²) in [6.07, 6.45) is 5.51. The lowest BCUT2D eigenvalue weighted by atomic mass is 10.1. The molecule has 4 aromatic rings. The van der Waals surface area contributed by atoms with Crippen LogP contribution in [0.2, 0.25) is 0 Å². The summed E-state index contributed by atoms with van der Waals surface area (Å²) in [6.45, 7) is 1.59. The summed E-state index contributed by atoms with van der Waals surface area (Å²) in [5.74, 6) is 0.674. The quantitative estimate of drug-likeness (QED) is 0.478. The molecule has 0 aliphatic carbocycles. The van der Waals surface area contributed by atoms with Gasteiger partial charge in [0.05, 0.1) is 6.33 Å². The van der Waals surface area contributed by atoms with E-state index in [0.717, 1.165) is 23.4 Å². The molecule has 5 heteroatoms. The summed E-state index contributed by atoms with van der Waals surface area (Å²) in [5.41, 5.74) is 3.72. The minimum absolute atomic E-state index is 0.107. The van der Waals surface area contributed by atoms with Gasteiger partial charge in [0.15, 0.2) is 0 Å². The Hall–Kier alpha value is -3.86. The zero-order chi connectivity index (χ0) is 20.6. The molecule has 3 aromatic carbocycles. The smallest absolute Gasteiger partial charge is 0.251 e. The first-order chi connectivity index (χ1) is 14.8. The van der Waals surface area contributed by atoms with Gasteiger partial charge in [-0.15, -0.1) is 0 Å². The van der Waals surface area contributed by atoms with Crippen LogP contribution in [0.1, 0.15) is 27.0 Å². The van der Waals surface area contributed by atoms with Crippen molar-refractivity contribution < 1.29 is 9.53 Å². The maximum atomic E-state index is 12.8. The largest absolute Gasteiger partial charge is 0.489 e. The zero-order valence-electron chi connectivity index (χ0n) is 16.6. The van der Waals surface area contributed by atoms with E-state index in [-0.39, 0.29) is 5.91 Å². The van der Waals surface area contributed by atoms with Gasteiger partial charge < -0.3 is 14.6 Å². The molecule has 0 aliphatic heterocycles. The van der Waals surface area contributed by atoms with Crippen LogP contribution in [0.5, 0.6) is 5.75 Å². The first-order valence-corrected chi connectivity index (χ1v) is 9.85. The summed E-state index contributed by atoms with van der Waals surface area (Å²) in [6, 6.07) is 25.3. The fraction of sp³-hybridized carbons (Fsp3) is 0.120. The number of hydrogen-bond donors (Lipinski definition) is 1. The number of carbonyl (C=O) groups excluding carboxylic acids is 1. The molecule has 1 aromatic heterocycles. The molecule has 0 saturated carbocycles. The van der Waals surface area contributed by atoms with Gasteiger partial charge in [-0.05, 0) is 29.3 Å². The van der Waals surface area contributed by atoms with Crippen LogP contribution in [0.4, 0.5) is 0 Å². The van der Waals surface area contributed by atoms with Crippen LogP contribution in [-0.2, 0) is 19.7 Å². The van der Waals surface area contributed by atoms with Gasteiger partial charge in [-0.1, -0.05) is 60.7 Å². The van der Waals surface area contributed by atoms with E-state index in [1.165, 1.54) is 5.56 Å². The number of hydrogen-bond acceptors (Lipinski definition) is 3. The Morgan fingerprint density at radius 3 is 2.40 bits per heavy atom. The molecule has 0 unspecified atom stereocenters. The third-order valence-electron chi connectivity index (χ3n) is 4.80. The number of amides is 1. The van der Waals surface area contributed by atoms with E-state index in [1.807, 2.05) is 77.5 Å². The van der Waals surface area contributed by atoms with Crippen LogP contribution >= 0.6 is 0 Å². The number of ether oxygens (including phenoxy) is 1. The van der Waals surface area contributed by atoms with E-state index in [1.54, 1.807) is 12.5 Å². The third-order valence-corrected chi connectivity index (χ3v) is 4.80. The van der Waals surface area contributed by atoms with Crippen molar-refractivity contribution >= 4 is 5.91 Å². The van der Waals surface area contributed by atoms with Crippen molar-refractivity contribution in [1.29, 1.82) is 0 Å². The van der Waals surface area contributed by atoms with Gasteiger partial charge in [-0.25, -0.2) is 4.98 Å². The van der Waals surface area contributed by atoms with Crippen molar-refractivity contribution in [2.45, 2.75) is 19.7 Å². The molecular weight excluding hydrogens is 374 g/mol. The van der Waals surface area contributed by atoms with Crippen molar-refractivity contribution in [3.63, 3.8) is 0 Å². The molecule has 0 bridgehead atoms. The van der Waals surface area contributed by atoms with E-state index in [9.17, 15) is 4.79 Å². The van der Waals surface area contributed by atoms with Crippen LogP contribution in [0, 0.1) is 0 Å². The number of rotatable bonds is 8. The molecule has 150 valence electrons. The summed E-state index contributed by atoms with van der Waals surface area (Å²) < 4.78 is 7.83. The number of para-hydroxylation sites is 1. The minimum atomic E-state index is -0.107. The Bertz CT molecular complexity index is 1080. The Labute approximate surface area is 176 Å². The maximum Gasteiger partial charge on any atom is 0.251 e. The second-order valence-corrected chi connectivity index (χ2v) is 6.99. The van der Waals surface area contributed by atoms with Crippen molar-refractivity contribution in [1.82, 2.24) is 14.9 Å². The van der Waals surface area contributed by atoms with Crippen LogP contribution in [0.25, 0.3) is 0 Å². The molecular formula is C25H23N3O2. The molecule has 0 spiro atoms. The Balaban J connectivity index is 1.35. The standard InChI is InChI=1S/C25H23N3O2/c29-25(24-9-5-4-6-22(24)18-30-23-7-2-1-3-8-23)27-16-20-10-12-21(13-11-20)17-28-15-14-26-19-28/h1-15,19H,16-18H2,(H,27,29). The highest BCUT2D eigenvalue weighted by molar-refractivity contribution is 5.95. The summed E-state index contributed by atoms with van der Waals surface area (Å²) >= 11 is 0. The normalized spacial score (nSPS) is 10.5. The average Bonchev–Trinajstić information content (AvgIpc) is 3.31. The van der Waals surface area contributed by atoms with Gasteiger partial charge in [0.25, 0.3) is 5.91 Å². The Kier molecular flexibility index (Phi) is 6.20. The molecule has 1 heterocycles. The predicted octanol–water partition coefficient (Wildman–Crippen LogP) is 4.44. The molecule has 0 aliphatic rings. The number of imidazole rings is 1. The van der Waals surface area contributed by atoms with Crippen molar-refractivity contribution in [3.05, 3.63) is 120 Å². The minimum Gasteiger partial charge on any atom is -0.489 e. The van der Waals surface area contributed by atoms with E-state index in [4.69, 9.17) is 4.74 Å². The second-order valence-electron chi connectivity index (χ2n) is 6.99. The second kappa shape index (κ2) is 9.56. The molecule has 0 radical (unpaired) electrons. The monoisotopic (exact) mass is 397 g/mol. The van der Waals surface area contributed by atoms with E-state index in [0.29, 0.717) is 18.7 Å². The van der Waals surface area contributed by atoms with Gasteiger partial charge in [0.1, 0.15) is 12.4 Å². The number of nitrogens with one attached hydrogen (secondary N) is 1. The highest BCUT2D eigenvalue weighted by Crippen LogP contribution is 2.15. The average molecular weight is 397 g/mol. The van der Waals surface area contributed by atoms with Crippen LogP contribution in [-0.4, -0.2) is 15.5 Å². The number of carbonyl (C=O) groups is 1. The Morgan fingerprint density at radius 2 is 1.63 bits per heavy atom. The lowest BCUT2D eigenvalue weighted by molar-refractivity contribution is 0.0948. The fourth-order valence-corrected chi connectivity index (χ4v) is 3.18. The summed E-state index contributed by atoms with van der Waals surface area (Å²) in [5, 5.41) is 3.01. The van der Waals surface area contributed by atoms with Gasteiger partial charge in [-0.3, -0.25) is 4.79 Å². The SMILES string of the molecule is O=C(NCc1ccc(Cn2ccnc2)cc1)c1ccccc1COc1ccccc1. The van der Waals surface area contributed by atoms with Crippen molar-refractivity contribution in [2.75, 3.05) is 0 Å². The summed E-state index contributed by atoms with van der Waals surface area (Å²) in [4.78, 5) is 16.8. The summed E-state index contributed by atoms with van der Waals surface area (Å²) in [7, 11) is 0. The van der Waals surface area contributed by atoms with Crippen molar-refractivity contribution in [2.24, 2.45) is 0 Å². The number of benzene rings is 3. The number of aromatic nitrogens is 2. The number of nitrogens with zero attached hydrogens (tertiary/aromatic N) is 2. The van der Waals surface area contributed by atoms with Crippen LogP contribution < -0.4 is 10.1 Å². The lowest BCUT2D eigenvalue weighted by Gasteiger charge is -2.12. The first-order valence-electron chi connectivity index (χ1n) is 9.85. The van der Waals surface area contributed by atoms with Gasteiger partial charge in [-0.2, -0.15) is 0 Å². The molecule has 0 saturated heterocycles. The molecule has 0 atom stereocenters. The van der Waals surface area contributed by atoms with E-state index < -0.39 is 0 Å². The molecule has 4 rings (SSSR count). The van der Waals surface area contributed by atoms with Gasteiger partial charge in [0.2, 0.25) is 0 Å². The molecule has 5 nitrogen and oxygen atoms in total. The maximum absolute atomic E-state index is 12.8. The fourth-order valence-electron chi connectivity index (χ4n) is 3.18. The molecule has 0 fully saturated rings. The third kappa shape index (κ3) is 5.14.